The molecule has 2 heterocycles. The van der Waals surface area contributed by atoms with Crippen LogP contribution < -0.4 is 19.5 Å². The third-order valence-corrected chi connectivity index (χ3v) is 6.00. The van der Waals surface area contributed by atoms with E-state index in [1.807, 2.05) is 49.4 Å². The van der Waals surface area contributed by atoms with Crippen molar-refractivity contribution in [2.45, 2.75) is 52.4 Å². The topological polar surface area (TPSA) is 69.3 Å². The zero-order valence-electron chi connectivity index (χ0n) is 20.4. The molecular formula is C27H36N2O5. The molecule has 0 aromatic heterocycles. The van der Waals surface area contributed by atoms with Crippen molar-refractivity contribution in [3.63, 3.8) is 0 Å². The Morgan fingerprint density at radius 1 is 1.18 bits per heavy atom. The first-order chi connectivity index (χ1) is 16.5. The Hall–Kier alpha value is -2.77. The Labute approximate surface area is 202 Å². The normalized spacial score (nSPS) is 17.9. The summed E-state index contributed by atoms with van der Waals surface area (Å²) in [6.07, 6.45) is 1.62. The summed E-state index contributed by atoms with van der Waals surface area (Å²) < 4.78 is 23.2. The summed E-state index contributed by atoms with van der Waals surface area (Å²) in [4.78, 5) is 15.4. The quantitative estimate of drug-likeness (QED) is 0.539. The maximum absolute atomic E-state index is 13.2. The lowest BCUT2D eigenvalue weighted by Gasteiger charge is -2.29. The fourth-order valence-electron chi connectivity index (χ4n) is 4.26. The molecule has 0 aliphatic carbocycles. The van der Waals surface area contributed by atoms with Crippen LogP contribution in [0, 0.1) is 12.8 Å². The van der Waals surface area contributed by atoms with Crippen LogP contribution in [0.3, 0.4) is 0 Å². The first kappa shape index (κ1) is 24.4. The number of ether oxygens (including phenoxy) is 4. The van der Waals surface area contributed by atoms with Gasteiger partial charge in [0.1, 0.15) is 5.75 Å². The molecule has 2 aliphatic rings. The Kier molecular flexibility index (Phi) is 8.29. The zero-order valence-corrected chi connectivity index (χ0v) is 20.4. The predicted molar refractivity (Wildman–Crippen MR) is 130 cm³/mol. The molecule has 7 heteroatoms. The number of carbonyl (C=O) groups is 1. The molecule has 7 nitrogen and oxygen atoms in total. The Balaban J connectivity index is 1.52. The number of hydrogen-bond donors (Lipinski definition) is 1. The number of nitrogens with one attached hydrogen (secondary N) is 1. The van der Waals surface area contributed by atoms with E-state index in [0.717, 1.165) is 48.6 Å². The SMILES string of the molecule is Cc1cccc(OC(CN(Cc2ccc3c(c2)OCO3)CC2CCCO2)C(=O)NCC(C)C)c1. The molecule has 1 amide bonds. The van der Waals surface area contributed by atoms with Gasteiger partial charge in [0, 0.05) is 32.8 Å². The van der Waals surface area contributed by atoms with E-state index in [1.165, 1.54) is 0 Å². The maximum atomic E-state index is 13.2. The molecule has 0 spiro atoms. The van der Waals surface area contributed by atoms with E-state index >= 15 is 0 Å². The van der Waals surface area contributed by atoms with Crippen LogP contribution >= 0.6 is 0 Å². The average Bonchev–Trinajstić information content (AvgIpc) is 3.48. The number of aryl methyl sites for hydroxylation is 1. The van der Waals surface area contributed by atoms with Crippen LogP contribution in [-0.2, 0) is 16.1 Å². The third-order valence-electron chi connectivity index (χ3n) is 6.00. The molecule has 1 N–H and O–H groups in total. The highest BCUT2D eigenvalue weighted by molar-refractivity contribution is 5.81. The standard InChI is InChI=1S/C27H36N2O5/c1-19(2)14-28-27(30)26(34-22-7-4-6-20(3)12-22)17-29(16-23-8-5-11-31-23)15-21-9-10-24-25(13-21)33-18-32-24/h4,6-7,9-10,12-13,19,23,26H,5,8,11,14-18H2,1-3H3,(H,28,30). The smallest absolute Gasteiger partial charge is 0.262 e. The number of carbonyl (C=O) groups excluding carboxylic acids is 1. The van der Waals surface area contributed by atoms with Crippen molar-refractivity contribution in [2.75, 3.05) is 33.0 Å². The summed E-state index contributed by atoms with van der Waals surface area (Å²) >= 11 is 0. The largest absolute Gasteiger partial charge is 0.479 e. The summed E-state index contributed by atoms with van der Waals surface area (Å²) in [7, 11) is 0. The van der Waals surface area contributed by atoms with Crippen LogP contribution in [0.5, 0.6) is 17.2 Å². The van der Waals surface area contributed by atoms with Gasteiger partial charge in [-0.2, -0.15) is 0 Å². The van der Waals surface area contributed by atoms with Gasteiger partial charge >= 0.3 is 0 Å². The van der Waals surface area contributed by atoms with Gasteiger partial charge in [-0.15, -0.1) is 0 Å². The van der Waals surface area contributed by atoms with Gasteiger partial charge in [-0.1, -0.05) is 32.0 Å². The number of rotatable bonds is 11. The minimum atomic E-state index is -0.643. The highest BCUT2D eigenvalue weighted by atomic mass is 16.7. The summed E-state index contributed by atoms with van der Waals surface area (Å²) in [6, 6.07) is 13.8. The molecule has 1 fully saturated rings. The van der Waals surface area contributed by atoms with Gasteiger partial charge in [0.05, 0.1) is 6.10 Å². The average molecular weight is 469 g/mol. The van der Waals surface area contributed by atoms with Crippen LogP contribution in [0.1, 0.15) is 37.8 Å². The van der Waals surface area contributed by atoms with Crippen molar-refractivity contribution in [1.82, 2.24) is 10.2 Å². The molecule has 2 unspecified atom stereocenters. The lowest BCUT2D eigenvalue weighted by Crippen LogP contribution is -2.48. The predicted octanol–water partition coefficient (Wildman–Crippen LogP) is 3.92. The number of benzene rings is 2. The first-order valence-electron chi connectivity index (χ1n) is 12.2. The highest BCUT2D eigenvalue weighted by Gasteiger charge is 2.27. The molecule has 0 saturated carbocycles. The minimum Gasteiger partial charge on any atom is -0.479 e. The van der Waals surface area contributed by atoms with Crippen molar-refractivity contribution in [3.05, 3.63) is 53.6 Å². The molecule has 34 heavy (non-hydrogen) atoms. The van der Waals surface area contributed by atoms with E-state index < -0.39 is 6.10 Å². The highest BCUT2D eigenvalue weighted by Crippen LogP contribution is 2.33. The Bertz CT molecular complexity index is 958. The van der Waals surface area contributed by atoms with Crippen LogP contribution in [0.2, 0.25) is 0 Å². The fraction of sp³-hybridized carbons (Fsp3) is 0.519. The van der Waals surface area contributed by atoms with Crippen molar-refractivity contribution in [1.29, 1.82) is 0 Å². The van der Waals surface area contributed by atoms with Crippen molar-refractivity contribution in [3.8, 4) is 17.2 Å². The minimum absolute atomic E-state index is 0.0989. The monoisotopic (exact) mass is 468 g/mol. The van der Waals surface area contributed by atoms with Crippen LogP contribution in [-0.4, -0.2) is 56.0 Å². The molecule has 2 aromatic rings. The second kappa shape index (κ2) is 11.6. The van der Waals surface area contributed by atoms with Gasteiger partial charge in [0.2, 0.25) is 6.79 Å². The summed E-state index contributed by atoms with van der Waals surface area (Å²) in [6.45, 7) is 9.68. The number of hydrogen-bond acceptors (Lipinski definition) is 6. The van der Waals surface area contributed by atoms with Crippen LogP contribution in [0.15, 0.2) is 42.5 Å². The fourth-order valence-corrected chi connectivity index (χ4v) is 4.26. The summed E-state index contributed by atoms with van der Waals surface area (Å²) in [5, 5.41) is 3.06. The molecule has 0 bridgehead atoms. The Morgan fingerprint density at radius 3 is 2.79 bits per heavy atom. The van der Waals surface area contributed by atoms with Gasteiger partial charge in [-0.25, -0.2) is 0 Å². The molecule has 2 aromatic carbocycles. The van der Waals surface area contributed by atoms with E-state index in [9.17, 15) is 4.79 Å². The van der Waals surface area contributed by atoms with Gasteiger partial charge in [0.25, 0.3) is 5.91 Å². The molecule has 0 radical (unpaired) electrons. The van der Waals surface area contributed by atoms with E-state index in [0.29, 0.717) is 31.3 Å². The van der Waals surface area contributed by atoms with Crippen LogP contribution in [0.4, 0.5) is 0 Å². The Morgan fingerprint density at radius 2 is 2.03 bits per heavy atom. The molecule has 2 aliphatic heterocycles. The van der Waals surface area contributed by atoms with E-state index in [4.69, 9.17) is 18.9 Å². The molecule has 184 valence electrons. The van der Waals surface area contributed by atoms with E-state index in [-0.39, 0.29) is 18.8 Å². The lowest BCUT2D eigenvalue weighted by molar-refractivity contribution is -0.129. The zero-order chi connectivity index (χ0) is 23.9. The van der Waals surface area contributed by atoms with Gasteiger partial charge < -0.3 is 24.3 Å². The molecule has 1 saturated heterocycles. The van der Waals surface area contributed by atoms with Crippen LogP contribution in [0.25, 0.3) is 0 Å². The summed E-state index contributed by atoms with van der Waals surface area (Å²) in [5.41, 5.74) is 2.19. The number of nitrogens with zero attached hydrogens (tertiary/aromatic N) is 1. The van der Waals surface area contributed by atoms with Crippen molar-refractivity contribution >= 4 is 5.91 Å². The second-order valence-electron chi connectivity index (χ2n) is 9.58. The first-order valence-corrected chi connectivity index (χ1v) is 12.2. The maximum Gasteiger partial charge on any atom is 0.262 e. The summed E-state index contributed by atoms with van der Waals surface area (Å²) in [5.74, 6) is 2.49. The number of amides is 1. The number of fused-ring (bicyclic) bond motifs is 1. The molecular weight excluding hydrogens is 432 g/mol. The van der Waals surface area contributed by atoms with Crippen molar-refractivity contribution in [2.24, 2.45) is 5.92 Å². The van der Waals surface area contributed by atoms with E-state index in [2.05, 4.69) is 24.1 Å². The second-order valence-corrected chi connectivity index (χ2v) is 9.58. The van der Waals surface area contributed by atoms with Gasteiger partial charge in [0.15, 0.2) is 17.6 Å². The van der Waals surface area contributed by atoms with Gasteiger partial charge in [-0.3, -0.25) is 9.69 Å². The third kappa shape index (κ3) is 6.87. The van der Waals surface area contributed by atoms with Gasteiger partial charge in [-0.05, 0) is 61.1 Å². The van der Waals surface area contributed by atoms with E-state index in [1.54, 1.807) is 0 Å². The molecule has 4 rings (SSSR count). The molecule has 2 atom stereocenters. The van der Waals surface area contributed by atoms with Crippen molar-refractivity contribution < 1.29 is 23.7 Å². The lowest BCUT2D eigenvalue weighted by atomic mass is 10.1.